The highest BCUT2D eigenvalue weighted by atomic mass is 16.1. The summed E-state index contributed by atoms with van der Waals surface area (Å²) in [5.41, 5.74) is 3.04. The fourth-order valence-electron chi connectivity index (χ4n) is 2.76. The van der Waals surface area contributed by atoms with E-state index >= 15 is 0 Å². The molecule has 0 bridgehead atoms. The van der Waals surface area contributed by atoms with Crippen molar-refractivity contribution in [1.29, 1.82) is 0 Å². The first-order valence-corrected chi connectivity index (χ1v) is 7.79. The van der Waals surface area contributed by atoms with Crippen molar-refractivity contribution >= 4 is 11.6 Å². The molecular formula is C17H18N4O. The van der Waals surface area contributed by atoms with Gasteiger partial charge in [-0.2, -0.15) is 15.0 Å². The average molecular weight is 294 g/mol. The highest BCUT2D eigenvalue weighted by molar-refractivity contribution is 6.00. The zero-order valence-electron chi connectivity index (χ0n) is 12.3. The number of allylic oxidation sites excluding steroid dienone is 1. The average Bonchev–Trinajstić information content (AvgIpc) is 3.45. The van der Waals surface area contributed by atoms with E-state index in [1.54, 1.807) is 17.2 Å². The Hall–Kier alpha value is -2.43. The van der Waals surface area contributed by atoms with Crippen molar-refractivity contribution in [1.82, 2.24) is 15.0 Å². The molecule has 2 aliphatic carbocycles. The van der Waals surface area contributed by atoms with Gasteiger partial charge in [-0.25, -0.2) is 0 Å². The highest BCUT2D eigenvalue weighted by Gasteiger charge is 2.36. The Morgan fingerprint density at radius 3 is 2.18 bits per heavy atom. The molecule has 22 heavy (non-hydrogen) atoms. The maximum Gasteiger partial charge on any atom is 0.248 e. The molecule has 2 aliphatic rings. The summed E-state index contributed by atoms with van der Waals surface area (Å²) in [5.74, 6) is 1.33. The van der Waals surface area contributed by atoms with Gasteiger partial charge in [0, 0.05) is 11.8 Å². The first-order valence-electron chi connectivity index (χ1n) is 7.79. The summed E-state index contributed by atoms with van der Waals surface area (Å²) >= 11 is 0. The van der Waals surface area contributed by atoms with Crippen molar-refractivity contribution in [3.05, 3.63) is 48.3 Å². The van der Waals surface area contributed by atoms with Gasteiger partial charge in [0.2, 0.25) is 5.91 Å². The maximum atomic E-state index is 12.2. The standard InChI is InChI=1S/C17H18N4O/c22-17(11-16(12-1-2-12)13-3-4-13)20-14-5-7-15(8-6-14)21-18-9-10-19-21/h5-13H,1-4H2,(H,20,22). The molecule has 5 nitrogen and oxygen atoms in total. The lowest BCUT2D eigenvalue weighted by atomic mass is 10.1. The number of carbonyl (C=O) groups is 1. The van der Waals surface area contributed by atoms with Gasteiger partial charge in [-0.1, -0.05) is 5.57 Å². The van der Waals surface area contributed by atoms with E-state index < -0.39 is 0 Å². The molecule has 0 saturated heterocycles. The van der Waals surface area contributed by atoms with Gasteiger partial charge >= 0.3 is 0 Å². The number of rotatable bonds is 5. The molecule has 1 amide bonds. The van der Waals surface area contributed by atoms with Crippen LogP contribution in [0.4, 0.5) is 5.69 Å². The van der Waals surface area contributed by atoms with Crippen LogP contribution in [-0.2, 0) is 4.79 Å². The third-order valence-electron chi connectivity index (χ3n) is 4.18. The molecule has 2 fully saturated rings. The van der Waals surface area contributed by atoms with Crippen molar-refractivity contribution in [2.45, 2.75) is 25.7 Å². The van der Waals surface area contributed by atoms with Crippen LogP contribution in [0.25, 0.3) is 5.69 Å². The summed E-state index contributed by atoms with van der Waals surface area (Å²) in [6, 6.07) is 7.53. The SMILES string of the molecule is O=C(C=C(C1CC1)C1CC1)Nc1ccc(-n2nccn2)cc1. The number of benzene rings is 1. The summed E-state index contributed by atoms with van der Waals surface area (Å²) in [7, 11) is 0. The van der Waals surface area contributed by atoms with Crippen molar-refractivity contribution in [2.24, 2.45) is 11.8 Å². The topological polar surface area (TPSA) is 59.8 Å². The summed E-state index contributed by atoms with van der Waals surface area (Å²) < 4.78 is 0. The predicted molar refractivity (Wildman–Crippen MR) is 83.5 cm³/mol. The quantitative estimate of drug-likeness (QED) is 0.862. The summed E-state index contributed by atoms with van der Waals surface area (Å²) in [6.45, 7) is 0. The highest BCUT2D eigenvalue weighted by Crippen LogP contribution is 2.48. The smallest absolute Gasteiger partial charge is 0.248 e. The number of aromatic nitrogens is 3. The maximum absolute atomic E-state index is 12.2. The van der Waals surface area contributed by atoms with Crippen molar-refractivity contribution in [2.75, 3.05) is 5.32 Å². The summed E-state index contributed by atoms with van der Waals surface area (Å²) in [4.78, 5) is 13.7. The van der Waals surface area contributed by atoms with Crippen LogP contribution in [0.5, 0.6) is 0 Å². The number of nitrogens with one attached hydrogen (secondary N) is 1. The lowest BCUT2D eigenvalue weighted by molar-refractivity contribution is -0.112. The van der Waals surface area contributed by atoms with Gasteiger partial charge < -0.3 is 5.32 Å². The van der Waals surface area contributed by atoms with E-state index in [0.717, 1.165) is 11.4 Å². The first kappa shape index (κ1) is 13.2. The number of carbonyl (C=O) groups excluding carboxylic acids is 1. The van der Waals surface area contributed by atoms with Crippen LogP contribution in [0.15, 0.2) is 48.3 Å². The minimum Gasteiger partial charge on any atom is -0.323 e. The molecule has 1 aromatic carbocycles. The molecule has 0 spiro atoms. The molecule has 1 heterocycles. The van der Waals surface area contributed by atoms with E-state index in [-0.39, 0.29) is 5.91 Å². The Balaban J connectivity index is 1.44. The van der Waals surface area contributed by atoms with Crippen LogP contribution in [0.3, 0.4) is 0 Å². The minimum atomic E-state index is -0.0150. The number of amides is 1. The van der Waals surface area contributed by atoms with E-state index in [1.807, 2.05) is 30.3 Å². The first-order chi connectivity index (χ1) is 10.8. The fourth-order valence-corrected chi connectivity index (χ4v) is 2.76. The molecule has 0 radical (unpaired) electrons. The van der Waals surface area contributed by atoms with E-state index in [4.69, 9.17) is 0 Å². The second-order valence-corrected chi connectivity index (χ2v) is 6.05. The summed E-state index contributed by atoms with van der Waals surface area (Å²) in [6.07, 6.45) is 10.1. The molecule has 0 aliphatic heterocycles. The molecule has 1 N–H and O–H groups in total. The monoisotopic (exact) mass is 294 g/mol. The number of nitrogens with zero attached hydrogens (tertiary/aromatic N) is 3. The van der Waals surface area contributed by atoms with Crippen LogP contribution in [0, 0.1) is 11.8 Å². The Kier molecular flexibility index (Phi) is 3.25. The Morgan fingerprint density at radius 1 is 1.05 bits per heavy atom. The second-order valence-electron chi connectivity index (χ2n) is 6.05. The lowest BCUT2D eigenvalue weighted by Crippen LogP contribution is -2.10. The molecule has 1 aromatic heterocycles. The van der Waals surface area contributed by atoms with Crippen LogP contribution < -0.4 is 5.32 Å². The molecule has 2 aromatic rings. The van der Waals surface area contributed by atoms with Crippen LogP contribution >= 0.6 is 0 Å². The largest absolute Gasteiger partial charge is 0.323 e. The third kappa shape index (κ3) is 2.93. The van der Waals surface area contributed by atoms with E-state index in [9.17, 15) is 4.79 Å². The predicted octanol–water partition coefficient (Wildman–Crippen LogP) is 2.95. The number of anilines is 1. The van der Waals surface area contributed by atoms with Crippen LogP contribution in [0.2, 0.25) is 0 Å². The molecular weight excluding hydrogens is 276 g/mol. The lowest BCUT2D eigenvalue weighted by Gasteiger charge is -2.06. The Labute approximate surface area is 129 Å². The van der Waals surface area contributed by atoms with Gasteiger partial charge in [-0.15, -0.1) is 0 Å². The zero-order valence-corrected chi connectivity index (χ0v) is 12.3. The van der Waals surface area contributed by atoms with Gasteiger partial charge in [0.15, 0.2) is 0 Å². The van der Waals surface area contributed by atoms with Crippen LogP contribution in [-0.4, -0.2) is 20.9 Å². The molecule has 5 heteroatoms. The van der Waals surface area contributed by atoms with Gasteiger partial charge in [-0.3, -0.25) is 4.79 Å². The van der Waals surface area contributed by atoms with Crippen LogP contribution in [0.1, 0.15) is 25.7 Å². The minimum absolute atomic E-state index is 0.0150. The second kappa shape index (κ2) is 5.40. The molecule has 0 unspecified atom stereocenters. The Bertz CT molecular complexity index is 681. The molecule has 112 valence electrons. The fraction of sp³-hybridized carbons (Fsp3) is 0.353. The molecule has 0 atom stereocenters. The summed E-state index contributed by atoms with van der Waals surface area (Å²) in [5, 5.41) is 11.1. The van der Waals surface area contributed by atoms with Gasteiger partial charge in [-0.05, 0) is 61.8 Å². The normalized spacial score (nSPS) is 17.1. The third-order valence-corrected chi connectivity index (χ3v) is 4.18. The van der Waals surface area contributed by atoms with Gasteiger partial charge in [0.25, 0.3) is 0 Å². The van der Waals surface area contributed by atoms with E-state index in [1.165, 1.54) is 31.3 Å². The number of hydrogen-bond donors (Lipinski definition) is 1. The van der Waals surface area contributed by atoms with Crippen molar-refractivity contribution < 1.29 is 4.79 Å². The molecule has 2 saturated carbocycles. The van der Waals surface area contributed by atoms with E-state index in [2.05, 4.69) is 15.5 Å². The van der Waals surface area contributed by atoms with Crippen molar-refractivity contribution in [3.8, 4) is 5.69 Å². The van der Waals surface area contributed by atoms with E-state index in [0.29, 0.717) is 11.8 Å². The van der Waals surface area contributed by atoms with Gasteiger partial charge in [0.05, 0.1) is 18.1 Å². The van der Waals surface area contributed by atoms with Crippen molar-refractivity contribution in [3.63, 3.8) is 0 Å². The van der Waals surface area contributed by atoms with Gasteiger partial charge in [0.1, 0.15) is 0 Å². The number of hydrogen-bond acceptors (Lipinski definition) is 3. The Morgan fingerprint density at radius 2 is 1.64 bits per heavy atom. The molecule has 4 rings (SSSR count). The zero-order chi connectivity index (χ0) is 14.9.